The molecule has 1 saturated carbocycles. The molecule has 0 bridgehead atoms. The van der Waals surface area contributed by atoms with Gasteiger partial charge in [-0.2, -0.15) is 5.26 Å². The van der Waals surface area contributed by atoms with Crippen LogP contribution in [0.4, 0.5) is 0 Å². The summed E-state index contributed by atoms with van der Waals surface area (Å²) >= 11 is 0. The second-order valence-electron chi connectivity index (χ2n) is 9.48. The van der Waals surface area contributed by atoms with E-state index in [0.717, 1.165) is 32.7 Å². The van der Waals surface area contributed by atoms with Crippen molar-refractivity contribution in [1.29, 1.82) is 5.26 Å². The van der Waals surface area contributed by atoms with Crippen LogP contribution < -0.4 is 5.32 Å². The van der Waals surface area contributed by atoms with E-state index < -0.39 is 0 Å². The summed E-state index contributed by atoms with van der Waals surface area (Å²) in [5, 5.41) is 13.4. The van der Waals surface area contributed by atoms with Gasteiger partial charge < -0.3 is 5.32 Å². The molecule has 0 radical (unpaired) electrons. The maximum atomic E-state index is 9.48. The number of nitriles is 1. The molecule has 3 fully saturated rings. The first kappa shape index (κ1) is 19.8. The highest BCUT2D eigenvalue weighted by molar-refractivity contribution is 5.28. The van der Waals surface area contributed by atoms with Crippen molar-refractivity contribution in [3.63, 3.8) is 0 Å². The minimum atomic E-state index is 0.0701. The SMILES string of the molecule is N#CCC1(N2CCC(N[C@H]3CC3c3ccccc3)CC2)CN(Cc2ccccc2)C1. The van der Waals surface area contributed by atoms with Gasteiger partial charge in [-0.25, -0.2) is 0 Å². The van der Waals surface area contributed by atoms with Crippen LogP contribution in [0.2, 0.25) is 0 Å². The van der Waals surface area contributed by atoms with Crippen molar-refractivity contribution in [3.05, 3.63) is 71.8 Å². The molecule has 2 aromatic rings. The zero-order chi connectivity index (χ0) is 20.4. The Morgan fingerprint density at radius 1 is 0.967 bits per heavy atom. The van der Waals surface area contributed by atoms with Crippen molar-refractivity contribution in [1.82, 2.24) is 15.1 Å². The van der Waals surface area contributed by atoms with E-state index in [-0.39, 0.29) is 5.54 Å². The van der Waals surface area contributed by atoms with Crippen LogP contribution in [0.1, 0.15) is 42.7 Å². The van der Waals surface area contributed by atoms with Crippen molar-refractivity contribution in [3.8, 4) is 6.07 Å². The summed E-state index contributed by atoms with van der Waals surface area (Å²) in [5.74, 6) is 0.701. The third-order valence-electron chi connectivity index (χ3n) is 7.33. The molecule has 0 amide bonds. The third-order valence-corrected chi connectivity index (χ3v) is 7.33. The number of benzene rings is 2. The first-order valence-corrected chi connectivity index (χ1v) is 11.4. The fourth-order valence-electron chi connectivity index (χ4n) is 5.58. The molecule has 1 aliphatic carbocycles. The molecule has 0 aromatic heterocycles. The standard InChI is InChI=1S/C26H32N4/c27-14-13-26(19-29(20-26)18-21-7-3-1-4-8-21)30-15-11-23(12-16-30)28-25-17-24(25)22-9-5-2-6-10-22/h1-10,23-25,28H,11-13,15-20H2/t24?,25-/m0/s1. The number of hydrogen-bond donors (Lipinski definition) is 1. The van der Waals surface area contributed by atoms with Crippen molar-refractivity contribution < 1.29 is 0 Å². The van der Waals surface area contributed by atoms with Crippen molar-refractivity contribution in [2.75, 3.05) is 26.2 Å². The highest BCUT2D eigenvalue weighted by atomic mass is 15.4. The van der Waals surface area contributed by atoms with Crippen LogP contribution in [-0.4, -0.2) is 53.6 Å². The lowest BCUT2D eigenvalue weighted by atomic mass is 9.82. The smallest absolute Gasteiger partial charge is 0.0642 e. The predicted molar refractivity (Wildman–Crippen MR) is 120 cm³/mol. The Morgan fingerprint density at radius 2 is 1.63 bits per heavy atom. The van der Waals surface area contributed by atoms with E-state index in [1.165, 1.54) is 30.4 Å². The number of likely N-dealkylation sites (tertiary alicyclic amines) is 2. The largest absolute Gasteiger partial charge is 0.311 e. The molecule has 0 spiro atoms. The average Bonchev–Trinajstić information content (AvgIpc) is 3.53. The van der Waals surface area contributed by atoms with E-state index in [4.69, 9.17) is 0 Å². The predicted octanol–water partition coefficient (Wildman–Crippen LogP) is 3.76. The van der Waals surface area contributed by atoms with Crippen LogP contribution >= 0.6 is 0 Å². The van der Waals surface area contributed by atoms with E-state index in [1.54, 1.807) is 0 Å². The maximum absolute atomic E-state index is 9.48. The number of rotatable bonds is 7. The summed E-state index contributed by atoms with van der Waals surface area (Å²) in [7, 11) is 0. The van der Waals surface area contributed by atoms with E-state index in [1.807, 2.05) is 0 Å². The van der Waals surface area contributed by atoms with Gasteiger partial charge in [0, 0.05) is 50.7 Å². The Morgan fingerprint density at radius 3 is 2.30 bits per heavy atom. The summed E-state index contributed by atoms with van der Waals surface area (Å²) in [5.41, 5.74) is 2.91. The van der Waals surface area contributed by atoms with Crippen LogP contribution in [-0.2, 0) is 6.54 Å². The second kappa shape index (κ2) is 8.51. The number of piperidine rings is 1. The summed E-state index contributed by atoms with van der Waals surface area (Å²) < 4.78 is 0. The normalized spacial score (nSPS) is 26.6. The van der Waals surface area contributed by atoms with Gasteiger partial charge in [0.25, 0.3) is 0 Å². The van der Waals surface area contributed by atoms with Crippen molar-refractivity contribution in [2.45, 2.75) is 55.8 Å². The van der Waals surface area contributed by atoms with Crippen LogP contribution in [0.25, 0.3) is 0 Å². The molecule has 2 saturated heterocycles. The van der Waals surface area contributed by atoms with Gasteiger partial charge in [0.05, 0.1) is 18.0 Å². The quantitative estimate of drug-likeness (QED) is 0.768. The molecule has 2 aromatic carbocycles. The molecule has 30 heavy (non-hydrogen) atoms. The molecule has 2 heterocycles. The highest BCUT2D eigenvalue weighted by Gasteiger charge is 2.48. The van der Waals surface area contributed by atoms with E-state index in [0.29, 0.717) is 24.4 Å². The Kier molecular flexibility index (Phi) is 5.60. The van der Waals surface area contributed by atoms with Gasteiger partial charge in [0.1, 0.15) is 0 Å². The number of nitrogens with zero attached hydrogens (tertiary/aromatic N) is 3. The number of nitrogens with one attached hydrogen (secondary N) is 1. The third kappa shape index (κ3) is 4.16. The van der Waals surface area contributed by atoms with Gasteiger partial charge in [-0.05, 0) is 30.4 Å². The summed E-state index contributed by atoms with van der Waals surface area (Å²) in [6.45, 7) is 5.26. The van der Waals surface area contributed by atoms with Gasteiger partial charge in [0.2, 0.25) is 0 Å². The molecule has 1 unspecified atom stereocenters. The molecule has 3 aliphatic rings. The maximum Gasteiger partial charge on any atom is 0.0642 e. The summed E-state index contributed by atoms with van der Waals surface area (Å²) in [6.07, 6.45) is 4.32. The molecule has 5 rings (SSSR count). The van der Waals surface area contributed by atoms with Crippen LogP contribution in [0.5, 0.6) is 0 Å². The molecular weight excluding hydrogens is 368 g/mol. The van der Waals surface area contributed by atoms with Crippen LogP contribution in [0.15, 0.2) is 60.7 Å². The van der Waals surface area contributed by atoms with E-state index in [9.17, 15) is 5.26 Å². The summed E-state index contributed by atoms with van der Waals surface area (Å²) in [4.78, 5) is 5.11. The Hall–Kier alpha value is -2.19. The van der Waals surface area contributed by atoms with Crippen molar-refractivity contribution >= 4 is 0 Å². The lowest BCUT2D eigenvalue weighted by molar-refractivity contribution is -0.0674. The van der Waals surface area contributed by atoms with Crippen LogP contribution in [0, 0.1) is 11.3 Å². The van der Waals surface area contributed by atoms with E-state index >= 15 is 0 Å². The first-order chi connectivity index (χ1) is 14.8. The highest BCUT2D eigenvalue weighted by Crippen LogP contribution is 2.42. The topological polar surface area (TPSA) is 42.3 Å². The van der Waals surface area contributed by atoms with Gasteiger partial charge in [-0.1, -0.05) is 60.7 Å². The van der Waals surface area contributed by atoms with Gasteiger partial charge in [-0.3, -0.25) is 9.80 Å². The fraction of sp³-hybridized carbons (Fsp3) is 0.500. The molecule has 4 nitrogen and oxygen atoms in total. The molecule has 156 valence electrons. The Balaban J connectivity index is 1.11. The van der Waals surface area contributed by atoms with Crippen molar-refractivity contribution in [2.24, 2.45) is 0 Å². The van der Waals surface area contributed by atoms with E-state index in [2.05, 4.69) is 81.8 Å². The second-order valence-corrected chi connectivity index (χ2v) is 9.48. The lowest BCUT2D eigenvalue weighted by Crippen LogP contribution is -2.71. The zero-order valence-corrected chi connectivity index (χ0v) is 17.7. The Bertz CT molecular complexity index is 861. The number of hydrogen-bond acceptors (Lipinski definition) is 4. The zero-order valence-electron chi connectivity index (χ0n) is 17.7. The molecule has 4 heteroatoms. The minimum absolute atomic E-state index is 0.0701. The monoisotopic (exact) mass is 400 g/mol. The van der Waals surface area contributed by atoms with Gasteiger partial charge in [0.15, 0.2) is 0 Å². The molecule has 2 aliphatic heterocycles. The molecule has 1 N–H and O–H groups in total. The average molecular weight is 401 g/mol. The van der Waals surface area contributed by atoms with Gasteiger partial charge >= 0.3 is 0 Å². The van der Waals surface area contributed by atoms with Gasteiger partial charge in [-0.15, -0.1) is 0 Å². The summed E-state index contributed by atoms with van der Waals surface area (Å²) in [6, 6.07) is 25.4. The lowest BCUT2D eigenvalue weighted by Gasteiger charge is -2.57. The Labute approximate surface area is 180 Å². The minimum Gasteiger partial charge on any atom is -0.311 e. The fourth-order valence-corrected chi connectivity index (χ4v) is 5.58. The first-order valence-electron chi connectivity index (χ1n) is 11.4. The molecular formula is C26H32N4. The van der Waals surface area contributed by atoms with Crippen LogP contribution in [0.3, 0.4) is 0 Å². The molecule has 2 atom stereocenters.